The van der Waals surface area contributed by atoms with Gasteiger partial charge in [0, 0.05) is 36.6 Å². The van der Waals surface area contributed by atoms with Gasteiger partial charge in [-0.2, -0.15) is 0 Å². The lowest BCUT2D eigenvalue weighted by atomic mass is 10.1. The number of aryl methyl sites for hydroxylation is 1. The summed E-state index contributed by atoms with van der Waals surface area (Å²) in [5.41, 5.74) is 1.08. The van der Waals surface area contributed by atoms with E-state index in [2.05, 4.69) is 19.9 Å². The van der Waals surface area contributed by atoms with Crippen LogP contribution in [0, 0.1) is 0 Å². The Balaban J connectivity index is 1.48. The van der Waals surface area contributed by atoms with Crippen molar-refractivity contribution in [3.05, 3.63) is 40.9 Å². The number of nitrogens with zero attached hydrogens (tertiary/aromatic N) is 4. The van der Waals surface area contributed by atoms with Crippen LogP contribution >= 0.6 is 11.3 Å². The molecule has 3 rings (SSSR count). The van der Waals surface area contributed by atoms with Gasteiger partial charge in [0.2, 0.25) is 0 Å². The maximum absolute atomic E-state index is 5.85. The first-order chi connectivity index (χ1) is 9.90. The zero-order valence-electron chi connectivity index (χ0n) is 11.3. The van der Waals surface area contributed by atoms with E-state index in [4.69, 9.17) is 4.74 Å². The van der Waals surface area contributed by atoms with Crippen molar-refractivity contribution in [2.75, 3.05) is 19.7 Å². The van der Waals surface area contributed by atoms with Crippen molar-refractivity contribution >= 4 is 11.3 Å². The number of morpholine rings is 1. The second-order valence-electron chi connectivity index (χ2n) is 4.89. The van der Waals surface area contributed by atoms with Crippen LogP contribution in [0.2, 0.25) is 0 Å². The first-order valence-electron chi connectivity index (χ1n) is 6.87. The van der Waals surface area contributed by atoms with Crippen molar-refractivity contribution in [3.8, 4) is 0 Å². The van der Waals surface area contributed by atoms with E-state index in [0.29, 0.717) is 6.10 Å². The summed E-state index contributed by atoms with van der Waals surface area (Å²) in [7, 11) is 0. The average Bonchev–Trinajstić information content (AvgIpc) is 3.00. The number of rotatable bonds is 5. The molecule has 20 heavy (non-hydrogen) atoms. The molecule has 0 radical (unpaired) electrons. The topological polar surface area (TPSA) is 51.1 Å². The summed E-state index contributed by atoms with van der Waals surface area (Å²) in [4.78, 5) is 15.0. The molecule has 0 aromatic carbocycles. The molecule has 0 saturated carbocycles. The van der Waals surface area contributed by atoms with E-state index in [0.717, 1.165) is 44.8 Å². The van der Waals surface area contributed by atoms with Crippen LogP contribution < -0.4 is 0 Å². The molecule has 3 heterocycles. The molecule has 1 aliphatic heterocycles. The van der Waals surface area contributed by atoms with Crippen LogP contribution in [0.1, 0.15) is 17.1 Å². The maximum Gasteiger partial charge on any atom is 0.115 e. The predicted molar refractivity (Wildman–Crippen MR) is 77.5 cm³/mol. The Bertz CT molecular complexity index is 505. The molecule has 0 unspecified atom stereocenters. The third kappa shape index (κ3) is 3.82. The smallest absolute Gasteiger partial charge is 0.115 e. The number of aromatic nitrogens is 3. The minimum Gasteiger partial charge on any atom is -0.376 e. The highest BCUT2D eigenvalue weighted by Crippen LogP contribution is 2.15. The summed E-state index contributed by atoms with van der Waals surface area (Å²) in [5, 5.41) is 3.21. The molecular formula is C14H18N4OS. The summed E-state index contributed by atoms with van der Waals surface area (Å²) in [6, 6.07) is 1.97. The number of hydrogen-bond donors (Lipinski definition) is 0. The Morgan fingerprint density at radius 3 is 3.15 bits per heavy atom. The quantitative estimate of drug-likeness (QED) is 0.840. The third-order valence-electron chi connectivity index (χ3n) is 3.43. The van der Waals surface area contributed by atoms with Crippen molar-refractivity contribution in [2.24, 2.45) is 0 Å². The highest BCUT2D eigenvalue weighted by molar-refractivity contribution is 7.09. The third-order valence-corrected chi connectivity index (χ3v) is 4.20. The molecule has 6 heteroatoms. The molecule has 2 aromatic rings. The van der Waals surface area contributed by atoms with Crippen LogP contribution in [0.5, 0.6) is 0 Å². The summed E-state index contributed by atoms with van der Waals surface area (Å²) in [6.45, 7) is 3.71. The van der Waals surface area contributed by atoms with E-state index in [-0.39, 0.29) is 0 Å². The predicted octanol–water partition coefficient (Wildman–Crippen LogP) is 1.77. The maximum atomic E-state index is 5.85. The van der Waals surface area contributed by atoms with E-state index in [1.54, 1.807) is 23.9 Å². The normalized spacial score (nSPS) is 20.1. The molecule has 1 saturated heterocycles. The Morgan fingerprint density at radius 2 is 2.35 bits per heavy atom. The van der Waals surface area contributed by atoms with Crippen LogP contribution in [0.25, 0.3) is 0 Å². The number of ether oxygens (including phenoxy) is 1. The van der Waals surface area contributed by atoms with Crippen molar-refractivity contribution in [1.82, 2.24) is 19.9 Å². The van der Waals surface area contributed by atoms with Crippen molar-refractivity contribution in [1.29, 1.82) is 0 Å². The van der Waals surface area contributed by atoms with Gasteiger partial charge in [-0.1, -0.05) is 0 Å². The molecule has 0 N–H and O–H groups in total. The van der Waals surface area contributed by atoms with E-state index < -0.39 is 0 Å². The highest BCUT2D eigenvalue weighted by Gasteiger charge is 2.21. The Hall–Kier alpha value is -1.37. The standard InChI is InChI=1S/C14H18N4OS/c1(12-3-4-15-11-17-12)2-13-9-18(6-7-19-13)10-14-16-5-8-20-14/h3-5,8,11,13H,1-2,6-7,9-10H2/t13-/m1/s1. The summed E-state index contributed by atoms with van der Waals surface area (Å²) in [5.74, 6) is 0. The van der Waals surface area contributed by atoms with Gasteiger partial charge in [-0.25, -0.2) is 15.0 Å². The lowest BCUT2D eigenvalue weighted by Crippen LogP contribution is -2.42. The Kier molecular flexibility index (Phi) is 4.68. The molecular weight excluding hydrogens is 272 g/mol. The Morgan fingerprint density at radius 1 is 1.35 bits per heavy atom. The lowest BCUT2D eigenvalue weighted by Gasteiger charge is -2.32. The molecule has 1 atom stereocenters. The second kappa shape index (κ2) is 6.88. The summed E-state index contributed by atoms with van der Waals surface area (Å²) >= 11 is 1.72. The number of thiazole rings is 1. The first-order valence-corrected chi connectivity index (χ1v) is 7.75. The molecule has 0 amide bonds. The molecule has 2 aromatic heterocycles. The van der Waals surface area contributed by atoms with Gasteiger partial charge in [0.25, 0.3) is 0 Å². The average molecular weight is 290 g/mol. The van der Waals surface area contributed by atoms with Gasteiger partial charge < -0.3 is 4.74 Å². The van der Waals surface area contributed by atoms with Crippen LogP contribution in [-0.4, -0.2) is 45.7 Å². The summed E-state index contributed by atoms with van der Waals surface area (Å²) < 4.78 is 5.85. The van der Waals surface area contributed by atoms with Crippen molar-refractivity contribution in [2.45, 2.75) is 25.5 Å². The van der Waals surface area contributed by atoms with Crippen LogP contribution in [0.15, 0.2) is 30.2 Å². The SMILES string of the molecule is c1cc(CC[C@@H]2CN(Cc3nccs3)CCO2)ncn1. The Labute approximate surface area is 122 Å². The minimum absolute atomic E-state index is 0.290. The molecule has 106 valence electrons. The molecule has 5 nitrogen and oxygen atoms in total. The van der Waals surface area contributed by atoms with Gasteiger partial charge in [-0.3, -0.25) is 4.90 Å². The number of hydrogen-bond acceptors (Lipinski definition) is 6. The molecule has 1 aliphatic rings. The first kappa shape index (κ1) is 13.6. The zero-order valence-corrected chi connectivity index (χ0v) is 12.1. The van der Waals surface area contributed by atoms with E-state index in [1.165, 1.54) is 5.01 Å². The second-order valence-corrected chi connectivity index (χ2v) is 5.87. The molecule has 0 spiro atoms. The van der Waals surface area contributed by atoms with Crippen LogP contribution in [0.4, 0.5) is 0 Å². The molecule has 0 aliphatic carbocycles. The van der Waals surface area contributed by atoms with E-state index >= 15 is 0 Å². The van der Waals surface area contributed by atoms with Gasteiger partial charge in [0.05, 0.1) is 19.3 Å². The monoisotopic (exact) mass is 290 g/mol. The fourth-order valence-electron chi connectivity index (χ4n) is 2.40. The van der Waals surface area contributed by atoms with Gasteiger partial charge in [0.15, 0.2) is 0 Å². The van der Waals surface area contributed by atoms with Gasteiger partial charge in [-0.15, -0.1) is 11.3 Å². The van der Waals surface area contributed by atoms with E-state index in [1.807, 2.05) is 17.6 Å². The molecule has 0 bridgehead atoms. The lowest BCUT2D eigenvalue weighted by molar-refractivity contribution is -0.0346. The van der Waals surface area contributed by atoms with Crippen LogP contribution in [0.3, 0.4) is 0 Å². The largest absolute Gasteiger partial charge is 0.376 e. The highest BCUT2D eigenvalue weighted by atomic mass is 32.1. The minimum atomic E-state index is 0.290. The van der Waals surface area contributed by atoms with E-state index in [9.17, 15) is 0 Å². The summed E-state index contributed by atoms with van der Waals surface area (Å²) in [6.07, 6.45) is 7.50. The van der Waals surface area contributed by atoms with Gasteiger partial charge in [-0.05, 0) is 18.9 Å². The van der Waals surface area contributed by atoms with Crippen LogP contribution in [-0.2, 0) is 17.7 Å². The molecule has 1 fully saturated rings. The van der Waals surface area contributed by atoms with Gasteiger partial charge >= 0.3 is 0 Å². The van der Waals surface area contributed by atoms with Gasteiger partial charge in [0.1, 0.15) is 11.3 Å². The van der Waals surface area contributed by atoms with Crippen molar-refractivity contribution in [3.63, 3.8) is 0 Å². The fraction of sp³-hybridized carbons (Fsp3) is 0.500. The zero-order chi connectivity index (χ0) is 13.6. The van der Waals surface area contributed by atoms with Crippen molar-refractivity contribution < 1.29 is 4.74 Å². The fourth-order valence-corrected chi connectivity index (χ4v) is 3.05.